The van der Waals surface area contributed by atoms with Crippen LogP contribution in [0.5, 0.6) is 0 Å². The topological polar surface area (TPSA) is 49.9 Å². The van der Waals surface area contributed by atoms with E-state index >= 15 is 0 Å². The first-order valence-electron chi connectivity index (χ1n) is 5.76. The largest absolute Gasteiger partial charge is 0.361 e. The molecule has 3 rings (SSSR count). The summed E-state index contributed by atoms with van der Waals surface area (Å²) in [7, 11) is -3.17. The van der Waals surface area contributed by atoms with Crippen molar-refractivity contribution in [2.45, 2.75) is 23.0 Å². The predicted molar refractivity (Wildman–Crippen MR) is 71.4 cm³/mol. The van der Waals surface area contributed by atoms with Gasteiger partial charge in [0.2, 0.25) is 0 Å². The maximum atomic E-state index is 12.1. The molecule has 1 saturated carbocycles. The number of nitrogens with one attached hydrogen (secondary N) is 1. The van der Waals surface area contributed by atoms with E-state index in [2.05, 4.69) is 4.98 Å². The molecule has 1 fully saturated rings. The van der Waals surface area contributed by atoms with Crippen molar-refractivity contribution >= 4 is 21.4 Å². The maximum Gasteiger partial charge on any atom is 0.181 e. The number of sulfone groups is 1. The van der Waals surface area contributed by atoms with E-state index in [4.69, 9.17) is 11.6 Å². The lowest BCUT2D eigenvalue weighted by Crippen LogP contribution is -2.06. The Morgan fingerprint density at radius 3 is 2.56 bits per heavy atom. The van der Waals surface area contributed by atoms with Gasteiger partial charge in [0.05, 0.1) is 15.2 Å². The van der Waals surface area contributed by atoms with E-state index in [0.29, 0.717) is 9.92 Å². The quantitative estimate of drug-likeness (QED) is 0.939. The number of rotatable bonds is 3. The van der Waals surface area contributed by atoms with Crippen LogP contribution >= 0.6 is 11.6 Å². The van der Waals surface area contributed by atoms with E-state index in [1.165, 1.54) is 0 Å². The molecular weight excluding hydrogens is 270 g/mol. The molecule has 1 heterocycles. The molecule has 3 nitrogen and oxygen atoms in total. The molecule has 0 aliphatic heterocycles. The highest BCUT2D eigenvalue weighted by Crippen LogP contribution is 2.36. The third kappa shape index (κ3) is 1.95. The standard InChI is InChI=1S/C13H12ClNO2S/c14-12-8-10(18(16,17)9-3-4-9)5-6-11(12)13-2-1-7-15-13/h1-2,5-9,15H,3-4H2. The van der Waals surface area contributed by atoms with Crippen molar-refractivity contribution in [2.24, 2.45) is 0 Å². The summed E-state index contributed by atoms with van der Waals surface area (Å²) in [6, 6.07) is 8.71. The second-order valence-corrected chi connectivity index (χ2v) is 7.11. The van der Waals surface area contributed by atoms with Crippen molar-refractivity contribution in [1.82, 2.24) is 4.98 Å². The molecule has 1 N–H and O–H groups in total. The summed E-state index contributed by atoms with van der Waals surface area (Å²) < 4.78 is 24.2. The Hall–Kier alpha value is -1.26. The minimum Gasteiger partial charge on any atom is -0.361 e. The van der Waals surface area contributed by atoms with Crippen molar-refractivity contribution in [2.75, 3.05) is 0 Å². The molecule has 1 aliphatic carbocycles. The highest BCUT2D eigenvalue weighted by molar-refractivity contribution is 7.92. The SMILES string of the molecule is O=S(=O)(c1ccc(-c2ccc[nH]2)c(Cl)c1)C1CC1. The number of aromatic amines is 1. The number of hydrogen-bond donors (Lipinski definition) is 1. The van der Waals surface area contributed by atoms with Crippen LogP contribution in [-0.2, 0) is 9.84 Å². The Morgan fingerprint density at radius 2 is 2.00 bits per heavy atom. The number of H-pyrrole nitrogens is 1. The van der Waals surface area contributed by atoms with Crippen LogP contribution in [0.4, 0.5) is 0 Å². The molecule has 0 saturated heterocycles. The van der Waals surface area contributed by atoms with Gasteiger partial charge < -0.3 is 4.98 Å². The van der Waals surface area contributed by atoms with Gasteiger partial charge in [-0.25, -0.2) is 8.42 Å². The third-order valence-electron chi connectivity index (χ3n) is 3.12. The fourth-order valence-electron chi connectivity index (χ4n) is 1.96. The average molecular weight is 282 g/mol. The van der Waals surface area contributed by atoms with E-state index in [1.54, 1.807) is 24.4 Å². The molecular formula is C13H12ClNO2S. The number of hydrogen-bond acceptors (Lipinski definition) is 2. The molecule has 5 heteroatoms. The highest BCUT2D eigenvalue weighted by atomic mass is 35.5. The molecule has 0 radical (unpaired) electrons. The zero-order valence-corrected chi connectivity index (χ0v) is 11.1. The Labute approximate surface area is 111 Å². The summed E-state index contributed by atoms with van der Waals surface area (Å²) in [5, 5.41) is 0.254. The molecule has 1 aromatic heterocycles. The highest BCUT2D eigenvalue weighted by Gasteiger charge is 2.37. The van der Waals surface area contributed by atoms with Crippen LogP contribution in [0, 0.1) is 0 Å². The van der Waals surface area contributed by atoms with E-state index in [1.807, 2.05) is 12.1 Å². The Bertz CT molecular complexity index is 673. The minimum absolute atomic E-state index is 0.204. The molecule has 0 atom stereocenters. The summed E-state index contributed by atoms with van der Waals surface area (Å²) in [4.78, 5) is 3.38. The van der Waals surface area contributed by atoms with Gasteiger partial charge in [-0.15, -0.1) is 0 Å². The zero-order chi connectivity index (χ0) is 12.8. The third-order valence-corrected chi connectivity index (χ3v) is 5.69. The fraction of sp³-hybridized carbons (Fsp3) is 0.231. The van der Waals surface area contributed by atoms with Gasteiger partial charge in [-0.3, -0.25) is 0 Å². The summed E-state index contributed by atoms with van der Waals surface area (Å²) in [6.45, 7) is 0. The number of aromatic nitrogens is 1. The van der Waals surface area contributed by atoms with Gasteiger partial charge in [0.25, 0.3) is 0 Å². The van der Waals surface area contributed by atoms with Crippen LogP contribution in [0.2, 0.25) is 5.02 Å². The molecule has 2 aromatic rings. The van der Waals surface area contributed by atoms with E-state index < -0.39 is 9.84 Å². The average Bonchev–Trinajstić information content (AvgIpc) is 3.07. The van der Waals surface area contributed by atoms with Crippen molar-refractivity contribution in [1.29, 1.82) is 0 Å². The molecule has 1 aliphatic rings. The van der Waals surface area contributed by atoms with Crippen molar-refractivity contribution < 1.29 is 8.42 Å². The van der Waals surface area contributed by atoms with Gasteiger partial charge in [0.1, 0.15) is 0 Å². The van der Waals surface area contributed by atoms with Crippen molar-refractivity contribution in [3.05, 3.63) is 41.6 Å². The Morgan fingerprint density at radius 1 is 1.22 bits per heavy atom. The Balaban J connectivity index is 2.04. The molecule has 94 valence electrons. The van der Waals surface area contributed by atoms with E-state index in [9.17, 15) is 8.42 Å². The molecule has 0 amide bonds. The van der Waals surface area contributed by atoms with Crippen LogP contribution in [0.25, 0.3) is 11.3 Å². The first-order chi connectivity index (χ1) is 8.59. The monoisotopic (exact) mass is 281 g/mol. The van der Waals surface area contributed by atoms with Gasteiger partial charge >= 0.3 is 0 Å². The van der Waals surface area contributed by atoms with Crippen molar-refractivity contribution in [3.8, 4) is 11.3 Å². The van der Waals surface area contributed by atoms with E-state index in [-0.39, 0.29) is 5.25 Å². The van der Waals surface area contributed by atoms with Gasteiger partial charge in [-0.2, -0.15) is 0 Å². The maximum absolute atomic E-state index is 12.1. The van der Waals surface area contributed by atoms with Crippen LogP contribution < -0.4 is 0 Å². The van der Waals surface area contributed by atoms with Crippen LogP contribution in [0.1, 0.15) is 12.8 Å². The summed E-state index contributed by atoms with van der Waals surface area (Å²) in [5.41, 5.74) is 1.70. The van der Waals surface area contributed by atoms with Gasteiger partial charge in [0.15, 0.2) is 9.84 Å². The minimum atomic E-state index is -3.17. The van der Waals surface area contributed by atoms with Crippen LogP contribution in [-0.4, -0.2) is 18.7 Å². The van der Waals surface area contributed by atoms with Gasteiger partial charge in [-0.05, 0) is 37.1 Å². The van der Waals surface area contributed by atoms with Gasteiger partial charge in [-0.1, -0.05) is 17.7 Å². The molecule has 1 aromatic carbocycles. The lowest BCUT2D eigenvalue weighted by atomic mass is 10.1. The van der Waals surface area contributed by atoms with Crippen LogP contribution in [0.15, 0.2) is 41.4 Å². The van der Waals surface area contributed by atoms with Crippen molar-refractivity contribution in [3.63, 3.8) is 0 Å². The molecule has 0 spiro atoms. The zero-order valence-electron chi connectivity index (χ0n) is 9.56. The first-order valence-corrected chi connectivity index (χ1v) is 7.68. The summed E-state index contributed by atoms with van der Waals surface area (Å²) >= 11 is 6.17. The van der Waals surface area contributed by atoms with Gasteiger partial charge in [0, 0.05) is 17.5 Å². The number of benzene rings is 1. The lowest BCUT2D eigenvalue weighted by molar-refractivity contribution is 0.595. The van der Waals surface area contributed by atoms with E-state index in [0.717, 1.165) is 24.1 Å². The first kappa shape index (κ1) is 11.8. The summed E-state index contributed by atoms with van der Waals surface area (Å²) in [6.07, 6.45) is 3.33. The number of halogens is 1. The Kier molecular flexibility index (Phi) is 2.72. The summed E-state index contributed by atoms with van der Waals surface area (Å²) in [5.74, 6) is 0. The second-order valence-electron chi connectivity index (χ2n) is 4.47. The molecule has 0 bridgehead atoms. The lowest BCUT2D eigenvalue weighted by Gasteiger charge is -2.06. The molecule has 18 heavy (non-hydrogen) atoms. The normalized spacial score (nSPS) is 15.8. The molecule has 0 unspecified atom stereocenters. The van der Waals surface area contributed by atoms with Crippen LogP contribution in [0.3, 0.4) is 0 Å². The fourth-order valence-corrected chi connectivity index (χ4v) is 3.99. The smallest absolute Gasteiger partial charge is 0.181 e. The second kappa shape index (κ2) is 4.14. The predicted octanol–water partition coefficient (Wildman–Crippen LogP) is 3.27.